The molecule has 2 heteroatoms. The summed E-state index contributed by atoms with van der Waals surface area (Å²) in [4.78, 5) is 10.9. The molecule has 0 heterocycles. The molecule has 2 nitrogen and oxygen atoms in total. The van der Waals surface area contributed by atoms with Crippen LogP contribution in [-0.4, -0.2) is 13.0 Å². The van der Waals surface area contributed by atoms with Gasteiger partial charge in [-0.05, 0) is 30.8 Å². The number of carbonyl (C=O) groups is 1. The zero-order chi connectivity index (χ0) is 9.68. The Balaban J connectivity index is 2.29. The van der Waals surface area contributed by atoms with Crippen LogP contribution in [0.15, 0.2) is 12.2 Å². The number of carbonyl (C=O) groups excluding carboxylic acids is 1. The number of hydrogen-bond acceptors (Lipinski definition) is 1. The maximum absolute atomic E-state index is 10.9. The van der Waals surface area contributed by atoms with Crippen LogP contribution in [0.25, 0.3) is 0 Å². The lowest BCUT2D eigenvalue weighted by molar-refractivity contribution is -0.116. The molecule has 0 aliphatic heterocycles. The summed E-state index contributed by atoms with van der Waals surface area (Å²) in [5.74, 6) is 1.52. The Kier molecular flexibility index (Phi) is 4.00. The molecule has 1 amide bonds. The zero-order valence-corrected chi connectivity index (χ0v) is 8.55. The van der Waals surface area contributed by atoms with E-state index in [9.17, 15) is 4.79 Å². The molecule has 1 rings (SSSR count). The number of amides is 1. The van der Waals surface area contributed by atoms with Crippen molar-refractivity contribution in [2.75, 3.05) is 7.05 Å². The fourth-order valence-corrected chi connectivity index (χ4v) is 1.79. The van der Waals surface area contributed by atoms with Crippen molar-refractivity contribution < 1.29 is 4.79 Å². The van der Waals surface area contributed by atoms with Crippen molar-refractivity contribution in [2.45, 2.75) is 32.6 Å². The van der Waals surface area contributed by atoms with E-state index in [2.05, 4.69) is 18.3 Å². The monoisotopic (exact) mass is 181 g/mol. The average molecular weight is 181 g/mol. The molecular weight excluding hydrogens is 162 g/mol. The highest BCUT2D eigenvalue weighted by atomic mass is 16.1. The molecule has 1 N–H and O–H groups in total. The minimum Gasteiger partial charge on any atom is -0.356 e. The number of hydrogen-bond donors (Lipinski definition) is 1. The van der Waals surface area contributed by atoms with Gasteiger partial charge >= 0.3 is 0 Å². The van der Waals surface area contributed by atoms with Gasteiger partial charge in [0.05, 0.1) is 0 Å². The summed E-state index contributed by atoms with van der Waals surface area (Å²) in [6.45, 7) is 2.30. The van der Waals surface area contributed by atoms with E-state index in [0.717, 1.165) is 5.92 Å². The van der Waals surface area contributed by atoms with Crippen molar-refractivity contribution in [2.24, 2.45) is 11.8 Å². The largest absolute Gasteiger partial charge is 0.356 e. The molecule has 74 valence electrons. The molecule has 1 aliphatic carbocycles. The van der Waals surface area contributed by atoms with E-state index in [1.54, 1.807) is 13.1 Å². The Labute approximate surface area is 80.4 Å². The van der Waals surface area contributed by atoms with Gasteiger partial charge < -0.3 is 5.32 Å². The van der Waals surface area contributed by atoms with Gasteiger partial charge in [0, 0.05) is 7.05 Å². The lowest BCUT2D eigenvalue weighted by Crippen LogP contribution is -2.15. The van der Waals surface area contributed by atoms with Crippen molar-refractivity contribution in [3.63, 3.8) is 0 Å². The molecular formula is C11H19NO. The predicted octanol–water partition coefficient (Wildman–Crippen LogP) is 2.11. The summed E-state index contributed by atoms with van der Waals surface area (Å²) in [6.07, 6.45) is 8.83. The third-order valence-electron chi connectivity index (χ3n) is 2.83. The standard InChI is InChI=1S/C11H19NO/c1-9-3-5-10(6-4-9)7-8-11(13)12-2/h7-10H,3-6H2,1-2H3,(H,12,13). The fraction of sp³-hybridized carbons (Fsp3) is 0.727. The van der Waals surface area contributed by atoms with Crippen LogP contribution >= 0.6 is 0 Å². The molecule has 1 saturated carbocycles. The van der Waals surface area contributed by atoms with E-state index >= 15 is 0 Å². The topological polar surface area (TPSA) is 29.1 Å². The fourth-order valence-electron chi connectivity index (χ4n) is 1.79. The van der Waals surface area contributed by atoms with Crippen molar-refractivity contribution in [3.05, 3.63) is 12.2 Å². The van der Waals surface area contributed by atoms with E-state index in [-0.39, 0.29) is 5.91 Å². The van der Waals surface area contributed by atoms with E-state index in [1.165, 1.54) is 25.7 Å². The maximum atomic E-state index is 10.9. The Bertz CT molecular complexity index is 190. The number of allylic oxidation sites excluding steroid dienone is 1. The van der Waals surface area contributed by atoms with Crippen molar-refractivity contribution in [1.29, 1.82) is 0 Å². The molecule has 0 aromatic heterocycles. The van der Waals surface area contributed by atoms with Gasteiger partial charge in [0.25, 0.3) is 0 Å². The second-order valence-corrected chi connectivity index (χ2v) is 3.99. The second-order valence-electron chi connectivity index (χ2n) is 3.99. The first-order valence-corrected chi connectivity index (χ1v) is 5.12. The molecule has 0 unspecified atom stereocenters. The van der Waals surface area contributed by atoms with Crippen LogP contribution in [0.1, 0.15) is 32.6 Å². The number of rotatable bonds is 2. The summed E-state index contributed by atoms with van der Waals surface area (Å²) >= 11 is 0. The van der Waals surface area contributed by atoms with Crippen molar-refractivity contribution in [3.8, 4) is 0 Å². The minimum atomic E-state index is 0.0126. The van der Waals surface area contributed by atoms with Crippen LogP contribution in [0, 0.1) is 11.8 Å². The molecule has 1 aliphatic rings. The molecule has 0 bridgehead atoms. The second kappa shape index (κ2) is 5.05. The van der Waals surface area contributed by atoms with Gasteiger partial charge in [-0.3, -0.25) is 4.79 Å². The van der Waals surface area contributed by atoms with Gasteiger partial charge in [0.15, 0.2) is 0 Å². The lowest BCUT2D eigenvalue weighted by Gasteiger charge is -2.23. The quantitative estimate of drug-likeness (QED) is 0.649. The van der Waals surface area contributed by atoms with Gasteiger partial charge in [0.2, 0.25) is 5.91 Å². The maximum Gasteiger partial charge on any atom is 0.243 e. The first-order chi connectivity index (χ1) is 6.22. The van der Waals surface area contributed by atoms with Gasteiger partial charge in [-0.2, -0.15) is 0 Å². The van der Waals surface area contributed by atoms with E-state index in [1.807, 2.05) is 0 Å². The number of nitrogens with one attached hydrogen (secondary N) is 1. The third kappa shape index (κ3) is 3.62. The molecule has 0 aromatic rings. The molecule has 0 saturated heterocycles. The van der Waals surface area contributed by atoms with Crippen molar-refractivity contribution >= 4 is 5.91 Å². The molecule has 0 spiro atoms. The summed E-state index contributed by atoms with van der Waals surface area (Å²) in [7, 11) is 1.66. The Morgan fingerprint density at radius 2 is 1.92 bits per heavy atom. The van der Waals surface area contributed by atoms with E-state index < -0.39 is 0 Å². The minimum absolute atomic E-state index is 0.0126. The summed E-state index contributed by atoms with van der Waals surface area (Å²) in [6, 6.07) is 0. The first-order valence-electron chi connectivity index (χ1n) is 5.12. The van der Waals surface area contributed by atoms with Crippen LogP contribution in [0.2, 0.25) is 0 Å². The van der Waals surface area contributed by atoms with Crippen LogP contribution in [0.3, 0.4) is 0 Å². The van der Waals surface area contributed by atoms with Crippen LogP contribution < -0.4 is 5.32 Å². The molecule has 0 aromatic carbocycles. The molecule has 0 atom stereocenters. The van der Waals surface area contributed by atoms with E-state index in [4.69, 9.17) is 0 Å². The Hall–Kier alpha value is -0.790. The highest BCUT2D eigenvalue weighted by Crippen LogP contribution is 2.28. The highest BCUT2D eigenvalue weighted by molar-refractivity contribution is 5.87. The van der Waals surface area contributed by atoms with Gasteiger partial charge in [-0.1, -0.05) is 25.8 Å². The van der Waals surface area contributed by atoms with Crippen LogP contribution in [0.4, 0.5) is 0 Å². The zero-order valence-electron chi connectivity index (χ0n) is 8.55. The lowest BCUT2D eigenvalue weighted by atomic mass is 9.83. The summed E-state index contributed by atoms with van der Waals surface area (Å²) < 4.78 is 0. The first kappa shape index (κ1) is 10.3. The normalized spacial score (nSPS) is 29.1. The average Bonchev–Trinajstić information content (AvgIpc) is 2.16. The Morgan fingerprint density at radius 1 is 1.31 bits per heavy atom. The van der Waals surface area contributed by atoms with E-state index in [0.29, 0.717) is 5.92 Å². The van der Waals surface area contributed by atoms with Crippen LogP contribution in [0.5, 0.6) is 0 Å². The number of likely N-dealkylation sites (N-methyl/N-ethyl adjacent to an activating group) is 1. The van der Waals surface area contributed by atoms with Crippen LogP contribution in [-0.2, 0) is 4.79 Å². The van der Waals surface area contributed by atoms with Gasteiger partial charge in [0.1, 0.15) is 0 Å². The van der Waals surface area contributed by atoms with Crippen molar-refractivity contribution in [1.82, 2.24) is 5.32 Å². The Morgan fingerprint density at radius 3 is 2.46 bits per heavy atom. The molecule has 1 fully saturated rings. The summed E-state index contributed by atoms with van der Waals surface area (Å²) in [5, 5.41) is 2.59. The van der Waals surface area contributed by atoms with Gasteiger partial charge in [-0.25, -0.2) is 0 Å². The van der Waals surface area contributed by atoms with Gasteiger partial charge in [-0.15, -0.1) is 0 Å². The summed E-state index contributed by atoms with van der Waals surface area (Å²) in [5.41, 5.74) is 0. The molecule has 13 heavy (non-hydrogen) atoms. The smallest absolute Gasteiger partial charge is 0.243 e. The SMILES string of the molecule is CNC(=O)C=CC1CCC(C)CC1. The molecule has 0 radical (unpaired) electrons. The third-order valence-corrected chi connectivity index (χ3v) is 2.83. The predicted molar refractivity (Wildman–Crippen MR) is 54.3 cm³/mol. The highest BCUT2D eigenvalue weighted by Gasteiger charge is 2.15.